The van der Waals surface area contributed by atoms with Crippen LogP contribution in [-0.2, 0) is 12.8 Å². The molecular weight excluding hydrogens is 328 g/mol. The van der Waals surface area contributed by atoms with Gasteiger partial charge < -0.3 is 14.3 Å². The van der Waals surface area contributed by atoms with Gasteiger partial charge in [0.25, 0.3) is 0 Å². The Morgan fingerprint density at radius 2 is 2.00 bits per heavy atom. The average Bonchev–Trinajstić information content (AvgIpc) is 3.17. The van der Waals surface area contributed by atoms with Gasteiger partial charge in [-0.1, -0.05) is 24.3 Å². The second-order valence-corrected chi connectivity index (χ2v) is 6.44. The average molecular weight is 346 g/mol. The molecule has 26 heavy (non-hydrogen) atoms. The molecule has 3 aromatic rings. The number of nitrogens with zero attached hydrogens (tertiary/aromatic N) is 2. The lowest BCUT2D eigenvalue weighted by molar-refractivity contribution is 0.0740. The zero-order chi connectivity index (χ0) is 17.9. The van der Waals surface area contributed by atoms with Crippen LogP contribution >= 0.6 is 0 Å². The maximum atomic E-state index is 10.5. The van der Waals surface area contributed by atoms with E-state index in [1.54, 1.807) is 0 Å². The molecule has 1 aliphatic carbocycles. The predicted octanol–water partition coefficient (Wildman–Crippen LogP) is 4.86. The van der Waals surface area contributed by atoms with E-state index in [-0.39, 0.29) is 17.7 Å². The molecule has 1 N–H and O–H groups in total. The summed E-state index contributed by atoms with van der Waals surface area (Å²) in [5, 5.41) is 10.5. The van der Waals surface area contributed by atoms with Crippen LogP contribution in [0.5, 0.6) is 11.5 Å². The predicted molar refractivity (Wildman–Crippen MR) is 96.2 cm³/mol. The van der Waals surface area contributed by atoms with E-state index >= 15 is 0 Å². The number of fused-ring (bicyclic) bond motifs is 1. The van der Waals surface area contributed by atoms with Crippen molar-refractivity contribution in [3.8, 4) is 11.5 Å². The molecule has 130 valence electrons. The molecule has 0 bridgehead atoms. The monoisotopic (exact) mass is 346 g/mol. The molecule has 2 atom stereocenters. The van der Waals surface area contributed by atoms with Gasteiger partial charge in [-0.3, -0.25) is 0 Å². The van der Waals surface area contributed by atoms with E-state index in [0.29, 0.717) is 0 Å². The third kappa shape index (κ3) is 3.32. The van der Waals surface area contributed by atoms with Crippen molar-refractivity contribution in [3.63, 3.8) is 0 Å². The number of ether oxygens (including phenoxy) is 1. The number of aliphatic hydroxyl groups excluding tert-OH is 1. The highest BCUT2D eigenvalue weighted by molar-refractivity contribution is 5.40. The fraction of sp³-hybridized carbons (Fsp3) is 0.238. The summed E-state index contributed by atoms with van der Waals surface area (Å²) in [6.07, 6.45) is 3.00. The minimum Gasteiger partial charge on any atom is -0.465 e. The highest BCUT2D eigenvalue weighted by Crippen LogP contribution is 2.36. The first-order valence-electron chi connectivity index (χ1n) is 8.59. The maximum absolute atomic E-state index is 10.5. The quantitative estimate of drug-likeness (QED) is 0.686. The molecule has 5 nitrogen and oxygen atoms in total. The molecule has 0 amide bonds. The van der Waals surface area contributed by atoms with Crippen LogP contribution < -0.4 is 4.74 Å². The van der Waals surface area contributed by atoms with Crippen molar-refractivity contribution in [1.82, 2.24) is 4.98 Å². The van der Waals surface area contributed by atoms with E-state index in [4.69, 9.17) is 15.7 Å². The first-order chi connectivity index (χ1) is 12.7. The lowest BCUT2D eigenvalue weighted by Gasteiger charge is -2.27. The summed E-state index contributed by atoms with van der Waals surface area (Å²) in [6.45, 7) is 6.94. The zero-order valence-corrected chi connectivity index (χ0v) is 14.1. The molecule has 0 aliphatic heterocycles. The Kier molecular flexibility index (Phi) is 4.42. The van der Waals surface area contributed by atoms with Gasteiger partial charge in [0.2, 0.25) is 5.89 Å². The Hall–Kier alpha value is -3.10. The first kappa shape index (κ1) is 16.4. The number of benzene rings is 2. The normalized spacial score (nSPS) is 17.2. The maximum Gasteiger partial charge on any atom is 0.365 e. The van der Waals surface area contributed by atoms with Crippen LogP contribution in [0.4, 0.5) is 5.88 Å². The minimum absolute atomic E-state index is 0.0284. The fourth-order valence-electron chi connectivity index (χ4n) is 3.39. The summed E-state index contributed by atoms with van der Waals surface area (Å²) in [7, 11) is 0. The van der Waals surface area contributed by atoms with Gasteiger partial charge in [0.15, 0.2) is 0 Å². The van der Waals surface area contributed by atoms with Crippen LogP contribution in [0.25, 0.3) is 4.85 Å². The summed E-state index contributed by atoms with van der Waals surface area (Å²) >= 11 is 0. The number of aliphatic hydroxyl groups is 1. The van der Waals surface area contributed by atoms with Gasteiger partial charge in [-0.25, -0.2) is 4.98 Å². The molecule has 5 heteroatoms. The Balaban J connectivity index is 1.48. The molecule has 1 aromatic heterocycles. The number of aryl methyl sites for hydroxylation is 1. The highest BCUT2D eigenvalue weighted by atomic mass is 16.5. The van der Waals surface area contributed by atoms with E-state index in [1.807, 2.05) is 36.4 Å². The molecule has 1 heterocycles. The number of para-hydroxylation sites is 1. The van der Waals surface area contributed by atoms with Crippen LogP contribution in [0, 0.1) is 12.5 Å². The Labute approximate surface area is 151 Å². The van der Waals surface area contributed by atoms with Crippen LogP contribution in [0.3, 0.4) is 0 Å². The van der Waals surface area contributed by atoms with Crippen molar-refractivity contribution in [2.45, 2.75) is 25.4 Å². The topological polar surface area (TPSA) is 59.9 Å². The Bertz CT molecular complexity index is 943. The SMILES string of the molecule is [C-]#[N+]c1cnc(C(O)C2CCc3cc(Oc4ccccc4)ccc3C2)o1. The second-order valence-electron chi connectivity index (χ2n) is 6.44. The van der Waals surface area contributed by atoms with E-state index in [9.17, 15) is 5.11 Å². The summed E-state index contributed by atoms with van der Waals surface area (Å²) < 4.78 is 11.2. The summed E-state index contributed by atoms with van der Waals surface area (Å²) in [4.78, 5) is 7.22. The van der Waals surface area contributed by atoms with Crippen LogP contribution in [0.15, 0.2) is 59.1 Å². The van der Waals surface area contributed by atoms with Gasteiger partial charge in [0.05, 0.1) is 12.8 Å². The second kappa shape index (κ2) is 7.03. The molecule has 0 fully saturated rings. The van der Waals surface area contributed by atoms with Crippen molar-refractivity contribution < 1.29 is 14.3 Å². The third-order valence-corrected chi connectivity index (χ3v) is 4.74. The van der Waals surface area contributed by atoms with Crippen LogP contribution in [0.2, 0.25) is 0 Å². The molecule has 1 aliphatic rings. The summed E-state index contributed by atoms with van der Waals surface area (Å²) in [6, 6.07) is 15.8. The molecular formula is C21H18N2O3. The number of hydrogen-bond acceptors (Lipinski definition) is 4. The summed E-state index contributed by atoms with van der Waals surface area (Å²) in [5.41, 5.74) is 2.45. The van der Waals surface area contributed by atoms with Crippen molar-refractivity contribution in [3.05, 3.63) is 83.2 Å². The lowest BCUT2D eigenvalue weighted by Crippen LogP contribution is -2.21. The van der Waals surface area contributed by atoms with Crippen molar-refractivity contribution >= 4 is 5.88 Å². The van der Waals surface area contributed by atoms with E-state index in [2.05, 4.69) is 22.0 Å². The van der Waals surface area contributed by atoms with Crippen molar-refractivity contribution in [1.29, 1.82) is 0 Å². The largest absolute Gasteiger partial charge is 0.465 e. The molecule has 0 saturated carbocycles. The van der Waals surface area contributed by atoms with Crippen LogP contribution in [0.1, 0.15) is 29.5 Å². The smallest absolute Gasteiger partial charge is 0.365 e. The fourth-order valence-corrected chi connectivity index (χ4v) is 3.39. The third-order valence-electron chi connectivity index (χ3n) is 4.74. The Morgan fingerprint density at radius 3 is 2.77 bits per heavy atom. The zero-order valence-electron chi connectivity index (χ0n) is 14.1. The van der Waals surface area contributed by atoms with Crippen molar-refractivity contribution in [2.24, 2.45) is 5.92 Å². The molecule has 0 saturated heterocycles. The number of rotatable bonds is 4. The molecule has 0 spiro atoms. The number of oxazole rings is 1. The van der Waals surface area contributed by atoms with Crippen LogP contribution in [-0.4, -0.2) is 10.1 Å². The summed E-state index contributed by atoms with van der Waals surface area (Å²) in [5.74, 6) is 2.01. The van der Waals surface area contributed by atoms with E-state index < -0.39 is 6.10 Å². The Morgan fingerprint density at radius 1 is 1.15 bits per heavy atom. The first-order valence-corrected chi connectivity index (χ1v) is 8.59. The van der Waals surface area contributed by atoms with Gasteiger partial charge in [-0.15, -0.1) is 0 Å². The van der Waals surface area contributed by atoms with E-state index in [1.165, 1.54) is 17.3 Å². The van der Waals surface area contributed by atoms with Gasteiger partial charge in [0.1, 0.15) is 17.6 Å². The molecule has 0 radical (unpaired) electrons. The molecule has 2 unspecified atom stereocenters. The molecule has 4 rings (SSSR count). The standard InChI is InChI=1S/C21H18N2O3/c1-22-19-13-23-21(26-19)20(24)16-8-7-15-12-18(10-9-14(15)11-16)25-17-5-3-2-4-6-17/h2-6,9-10,12-13,16,20,24H,7-8,11H2. The number of aromatic nitrogens is 1. The lowest BCUT2D eigenvalue weighted by atomic mass is 9.81. The van der Waals surface area contributed by atoms with Gasteiger partial charge in [-0.2, -0.15) is 4.85 Å². The van der Waals surface area contributed by atoms with Gasteiger partial charge in [0, 0.05) is 0 Å². The number of hydrogen-bond donors (Lipinski definition) is 1. The van der Waals surface area contributed by atoms with Gasteiger partial charge >= 0.3 is 5.88 Å². The van der Waals surface area contributed by atoms with Gasteiger partial charge in [-0.05, 0) is 60.6 Å². The minimum atomic E-state index is -0.793. The molecule has 2 aromatic carbocycles. The van der Waals surface area contributed by atoms with E-state index in [0.717, 1.165) is 30.8 Å². The van der Waals surface area contributed by atoms with Crippen molar-refractivity contribution in [2.75, 3.05) is 0 Å². The highest BCUT2D eigenvalue weighted by Gasteiger charge is 2.29.